The maximum atomic E-state index is 13.4. The molecule has 3 rings (SSSR count). The average molecular weight is 407 g/mol. The van der Waals surface area contributed by atoms with Gasteiger partial charge < -0.3 is 14.6 Å². The van der Waals surface area contributed by atoms with E-state index < -0.39 is 23.4 Å². The zero-order valence-electron chi connectivity index (χ0n) is 18.7. The molecule has 2 heterocycles. The van der Waals surface area contributed by atoms with Gasteiger partial charge in [0.15, 0.2) is 0 Å². The second-order valence-corrected chi connectivity index (χ2v) is 10.3. The fourth-order valence-corrected chi connectivity index (χ4v) is 5.94. The Bertz CT molecular complexity index is 666. The number of allylic oxidation sites excluding steroid dienone is 1. The molecule has 2 aliphatic heterocycles. The summed E-state index contributed by atoms with van der Waals surface area (Å²) in [5.74, 6) is 0.0635. The Labute approximate surface area is 175 Å². The summed E-state index contributed by atoms with van der Waals surface area (Å²) in [6.07, 6.45) is 3.31. The van der Waals surface area contributed by atoms with Crippen molar-refractivity contribution in [2.45, 2.75) is 103 Å². The number of aliphatic hydroxyl groups is 1. The molecule has 0 aromatic carbocycles. The maximum Gasteiger partial charge on any atom is 0.306 e. The lowest BCUT2D eigenvalue weighted by Gasteiger charge is -2.56. The normalized spacial score (nSPS) is 42.8. The first-order valence-corrected chi connectivity index (χ1v) is 11.3. The zero-order chi connectivity index (χ0) is 21.6. The van der Waals surface area contributed by atoms with Crippen molar-refractivity contribution < 1.29 is 24.2 Å². The van der Waals surface area contributed by atoms with E-state index in [9.17, 15) is 14.7 Å². The van der Waals surface area contributed by atoms with Crippen LogP contribution in [-0.2, 0) is 19.1 Å². The summed E-state index contributed by atoms with van der Waals surface area (Å²) in [4.78, 5) is 25.8. The molecule has 7 atom stereocenters. The molecule has 1 N–H and O–H groups in total. The number of carbonyl (C=O) groups excluding carboxylic acids is 2. The predicted molar refractivity (Wildman–Crippen MR) is 111 cm³/mol. The fraction of sp³-hybridized carbons (Fsp3) is 0.833. The third-order valence-electron chi connectivity index (χ3n) is 7.51. The van der Waals surface area contributed by atoms with Gasteiger partial charge in [-0.3, -0.25) is 9.59 Å². The van der Waals surface area contributed by atoms with Crippen LogP contribution < -0.4 is 0 Å². The molecule has 5 heteroatoms. The molecule has 0 spiro atoms. The third-order valence-corrected chi connectivity index (χ3v) is 7.51. The predicted octanol–water partition coefficient (Wildman–Crippen LogP) is 4.21. The molecule has 1 saturated carbocycles. The Hall–Kier alpha value is -1.20. The highest BCUT2D eigenvalue weighted by molar-refractivity contribution is 5.85. The van der Waals surface area contributed by atoms with Crippen molar-refractivity contribution in [2.75, 3.05) is 0 Å². The molecule has 3 fully saturated rings. The van der Waals surface area contributed by atoms with Gasteiger partial charge in [0, 0.05) is 24.7 Å². The first-order chi connectivity index (χ1) is 13.5. The highest BCUT2D eigenvalue weighted by Crippen LogP contribution is 2.52. The molecule has 5 nitrogen and oxygen atoms in total. The molecule has 0 amide bonds. The van der Waals surface area contributed by atoms with Crippen LogP contribution in [0.25, 0.3) is 0 Å². The molecular weight excluding hydrogens is 368 g/mol. The summed E-state index contributed by atoms with van der Waals surface area (Å²) in [7, 11) is 0. The number of Topliss-reactive ketones (excluding diaryl/α,β-unsaturated/α-hetero) is 1. The number of hydrogen-bond donors (Lipinski definition) is 1. The summed E-state index contributed by atoms with van der Waals surface area (Å²) < 4.78 is 12.6. The number of rotatable bonds is 4. The second-order valence-electron chi connectivity index (χ2n) is 10.3. The Morgan fingerprint density at radius 1 is 1.34 bits per heavy atom. The number of fused-ring (bicyclic) bond motifs is 4. The van der Waals surface area contributed by atoms with Crippen LogP contribution in [0.15, 0.2) is 12.2 Å². The molecule has 2 saturated heterocycles. The van der Waals surface area contributed by atoms with Gasteiger partial charge in [-0.05, 0) is 57.8 Å². The molecule has 0 aromatic rings. The molecule has 0 radical (unpaired) electrons. The van der Waals surface area contributed by atoms with Crippen molar-refractivity contribution in [2.24, 2.45) is 23.7 Å². The van der Waals surface area contributed by atoms with Crippen LogP contribution in [0.1, 0.15) is 79.6 Å². The van der Waals surface area contributed by atoms with Crippen molar-refractivity contribution in [3.8, 4) is 0 Å². The third kappa shape index (κ3) is 4.18. The lowest BCUT2D eigenvalue weighted by Crippen LogP contribution is -2.64. The topological polar surface area (TPSA) is 72.8 Å². The van der Waals surface area contributed by atoms with Crippen LogP contribution in [0.3, 0.4) is 0 Å². The lowest BCUT2D eigenvalue weighted by molar-refractivity contribution is -0.255. The summed E-state index contributed by atoms with van der Waals surface area (Å²) in [6, 6.07) is 0. The molecule has 29 heavy (non-hydrogen) atoms. The van der Waals surface area contributed by atoms with Crippen molar-refractivity contribution in [3.05, 3.63) is 12.2 Å². The van der Waals surface area contributed by atoms with Gasteiger partial charge in [-0.15, -0.1) is 0 Å². The molecule has 2 bridgehead atoms. The van der Waals surface area contributed by atoms with Gasteiger partial charge in [0.1, 0.15) is 17.5 Å². The Morgan fingerprint density at radius 2 is 2.03 bits per heavy atom. The van der Waals surface area contributed by atoms with Gasteiger partial charge in [-0.2, -0.15) is 0 Å². The first-order valence-electron chi connectivity index (χ1n) is 11.3. The number of esters is 1. The van der Waals surface area contributed by atoms with E-state index in [0.29, 0.717) is 25.2 Å². The Balaban J connectivity index is 2.07. The Kier molecular flexibility index (Phi) is 6.31. The summed E-state index contributed by atoms with van der Waals surface area (Å²) in [5, 5.41) is 11.1. The lowest BCUT2D eigenvalue weighted by atomic mass is 9.58. The monoisotopic (exact) mass is 406 g/mol. The largest absolute Gasteiger partial charge is 0.457 e. The van der Waals surface area contributed by atoms with Crippen LogP contribution in [0.4, 0.5) is 0 Å². The van der Waals surface area contributed by atoms with Crippen LogP contribution in [0.2, 0.25) is 0 Å². The number of ketones is 1. The van der Waals surface area contributed by atoms with E-state index >= 15 is 0 Å². The van der Waals surface area contributed by atoms with E-state index in [0.717, 1.165) is 24.8 Å². The van der Waals surface area contributed by atoms with E-state index in [1.54, 1.807) is 6.92 Å². The highest BCUT2D eigenvalue weighted by Gasteiger charge is 2.59. The minimum Gasteiger partial charge on any atom is -0.457 e. The van der Waals surface area contributed by atoms with E-state index in [-0.39, 0.29) is 35.9 Å². The van der Waals surface area contributed by atoms with Crippen LogP contribution in [0, 0.1) is 23.7 Å². The molecule has 0 aromatic heterocycles. The first kappa shape index (κ1) is 22.5. The van der Waals surface area contributed by atoms with Gasteiger partial charge in [0.25, 0.3) is 0 Å². The van der Waals surface area contributed by atoms with Crippen molar-refractivity contribution in [1.82, 2.24) is 0 Å². The van der Waals surface area contributed by atoms with E-state index in [1.165, 1.54) is 0 Å². The molecule has 164 valence electrons. The Morgan fingerprint density at radius 3 is 2.66 bits per heavy atom. The van der Waals surface area contributed by atoms with Crippen LogP contribution >= 0.6 is 0 Å². The van der Waals surface area contributed by atoms with Gasteiger partial charge in [0.2, 0.25) is 0 Å². The standard InChI is InChI=1S/C24H38O5/c1-7-8-19(26)29-24(6)12-11-18-23(5,27)13-17(25)20-15(4)9-10-16(14(2)3)21(20)22(24)28-18/h14,16,18,20-22,27H,4,7-13H2,1-3,5-6H3/t16-,18-,20-,21-,22-,23+,24-/m1/s1. The smallest absolute Gasteiger partial charge is 0.306 e. The highest BCUT2D eigenvalue weighted by atomic mass is 16.6. The maximum absolute atomic E-state index is 13.4. The summed E-state index contributed by atoms with van der Waals surface area (Å²) in [5.41, 5.74) is -1.09. The van der Waals surface area contributed by atoms with E-state index in [4.69, 9.17) is 9.47 Å². The van der Waals surface area contributed by atoms with Gasteiger partial charge in [-0.25, -0.2) is 0 Å². The fourth-order valence-electron chi connectivity index (χ4n) is 5.94. The van der Waals surface area contributed by atoms with Gasteiger partial charge in [-0.1, -0.05) is 32.9 Å². The number of hydrogen-bond acceptors (Lipinski definition) is 5. The van der Waals surface area contributed by atoms with E-state index in [2.05, 4.69) is 20.4 Å². The number of ether oxygens (including phenoxy) is 2. The second kappa shape index (κ2) is 8.14. The summed E-state index contributed by atoms with van der Waals surface area (Å²) >= 11 is 0. The number of carbonyl (C=O) groups is 2. The van der Waals surface area contributed by atoms with Crippen LogP contribution in [0.5, 0.6) is 0 Å². The minimum atomic E-state index is -1.22. The van der Waals surface area contributed by atoms with Crippen molar-refractivity contribution >= 4 is 11.8 Å². The quantitative estimate of drug-likeness (QED) is 0.559. The minimum absolute atomic E-state index is 0.0535. The average Bonchev–Trinajstić information content (AvgIpc) is 2.59. The van der Waals surface area contributed by atoms with Crippen molar-refractivity contribution in [1.29, 1.82) is 0 Å². The van der Waals surface area contributed by atoms with Crippen LogP contribution in [-0.4, -0.2) is 40.3 Å². The zero-order valence-corrected chi connectivity index (χ0v) is 18.7. The molecule has 1 aliphatic carbocycles. The van der Waals surface area contributed by atoms with Crippen molar-refractivity contribution in [3.63, 3.8) is 0 Å². The van der Waals surface area contributed by atoms with Gasteiger partial charge in [0.05, 0.1) is 11.7 Å². The summed E-state index contributed by atoms with van der Waals surface area (Å²) in [6.45, 7) is 14.2. The SMILES string of the molecule is C=C1CC[C@H](C(C)C)[C@@H]2[C@H]1C(=O)C[C@](C)(O)[C@H]1CC[C@@](C)(OC(=O)CCC)[C@@H]2O1. The van der Waals surface area contributed by atoms with E-state index in [1.807, 2.05) is 13.8 Å². The molecule has 3 aliphatic rings. The molecular formula is C24H38O5. The van der Waals surface area contributed by atoms with Gasteiger partial charge >= 0.3 is 5.97 Å². The molecule has 0 unspecified atom stereocenters.